The third-order valence-corrected chi connectivity index (χ3v) is 26.0. The Morgan fingerprint density at radius 1 is 0.576 bits per heavy atom. The van der Waals surface area contributed by atoms with Crippen LogP contribution in [0.2, 0.25) is 17.2 Å². The Balaban J connectivity index is 0. The number of carbonyl (C=O) groups is 1. The van der Waals surface area contributed by atoms with Crippen LogP contribution in [-0.2, 0) is 4.79 Å². The Morgan fingerprint density at radius 3 is 1.30 bits per heavy atom. The maximum absolute atomic E-state index is 10.2. The van der Waals surface area contributed by atoms with Crippen LogP contribution >= 0.6 is 0 Å². The van der Waals surface area contributed by atoms with E-state index in [-0.39, 0.29) is 0 Å². The van der Waals surface area contributed by atoms with Crippen LogP contribution in [0.5, 0.6) is 0 Å². The van der Waals surface area contributed by atoms with Gasteiger partial charge in [-0.2, -0.15) is 0 Å². The van der Waals surface area contributed by atoms with E-state index in [0.717, 1.165) is 16.8 Å². The summed E-state index contributed by atoms with van der Waals surface area (Å²) in [4.78, 5) is 10.2. The number of carboxylic acids is 1. The monoisotopic (exact) mass is 576 g/mol. The summed E-state index contributed by atoms with van der Waals surface area (Å²) in [7, 11) is 0. The van der Waals surface area contributed by atoms with Gasteiger partial charge >= 0.3 is 134 Å². The Morgan fingerprint density at radius 2 is 0.939 bits per heavy atom. The molecule has 33 heavy (non-hydrogen) atoms. The fourth-order valence-electron chi connectivity index (χ4n) is 5.10. The molecule has 1 N–H and O–H groups in total. The fourth-order valence-corrected chi connectivity index (χ4v) is 22.9. The molecule has 3 heteroatoms. The minimum absolute atomic E-state index is 0.343. The van der Waals surface area contributed by atoms with Crippen molar-refractivity contribution in [1.82, 2.24) is 0 Å². The molecule has 0 bridgehead atoms. The van der Waals surface area contributed by atoms with Gasteiger partial charge in [0.25, 0.3) is 0 Å². The van der Waals surface area contributed by atoms with Crippen LogP contribution in [0.3, 0.4) is 0 Å². The molecule has 200 valence electrons. The van der Waals surface area contributed by atoms with Crippen LogP contribution in [-0.4, -0.2) is 29.5 Å². The third kappa shape index (κ3) is 22.5. The topological polar surface area (TPSA) is 37.3 Å². The van der Waals surface area contributed by atoms with Gasteiger partial charge in [0.1, 0.15) is 0 Å². The van der Waals surface area contributed by atoms with E-state index < -0.39 is 24.3 Å². The Labute approximate surface area is 214 Å². The van der Waals surface area contributed by atoms with Crippen LogP contribution in [0.4, 0.5) is 0 Å². The summed E-state index contributed by atoms with van der Waals surface area (Å²) in [5.74, 6) is -0.659. The molecule has 0 radical (unpaired) electrons. The zero-order chi connectivity index (χ0) is 25.2. The molecule has 0 aromatic carbocycles. The summed E-state index contributed by atoms with van der Waals surface area (Å²) < 4.78 is 6.21. The van der Waals surface area contributed by atoms with Gasteiger partial charge in [0, 0.05) is 6.42 Å². The molecule has 0 fully saturated rings. The van der Waals surface area contributed by atoms with Crippen molar-refractivity contribution in [1.29, 1.82) is 0 Å². The summed E-state index contributed by atoms with van der Waals surface area (Å²) in [6, 6.07) is 0. The Bertz CT molecular complexity index is 375. The van der Waals surface area contributed by atoms with Crippen molar-refractivity contribution >= 4 is 24.3 Å². The number of unbranched alkanes of at least 4 members (excludes halogenated alkanes) is 12. The average molecular weight is 576 g/mol. The van der Waals surface area contributed by atoms with Crippen LogP contribution in [0.25, 0.3) is 0 Å². The van der Waals surface area contributed by atoms with Crippen LogP contribution < -0.4 is 0 Å². The molecule has 0 aliphatic rings. The summed E-state index contributed by atoms with van der Waals surface area (Å²) in [5, 5.41) is 8.41. The Kier molecular flexibility index (Phi) is 28.8. The van der Waals surface area contributed by atoms with Gasteiger partial charge in [-0.15, -0.1) is 0 Å². The predicted molar refractivity (Wildman–Crippen MR) is 153 cm³/mol. The molecule has 0 aromatic heterocycles. The first-order chi connectivity index (χ1) is 15.9. The molecule has 0 saturated heterocycles. The van der Waals surface area contributed by atoms with E-state index in [1.807, 2.05) is 0 Å². The Hall–Kier alpha value is 0.269. The van der Waals surface area contributed by atoms with E-state index in [2.05, 4.69) is 41.5 Å². The molecule has 0 aromatic rings. The zero-order valence-corrected chi connectivity index (χ0v) is 26.8. The molecule has 0 aliphatic carbocycles. The van der Waals surface area contributed by atoms with E-state index in [1.165, 1.54) is 96.3 Å². The van der Waals surface area contributed by atoms with Crippen molar-refractivity contribution in [2.75, 3.05) is 0 Å². The number of carboxylic acid groups (broad SMARTS) is 1. The van der Waals surface area contributed by atoms with Gasteiger partial charge in [0.15, 0.2) is 0 Å². The molecule has 2 nitrogen and oxygen atoms in total. The van der Waals surface area contributed by atoms with E-state index >= 15 is 0 Å². The van der Waals surface area contributed by atoms with E-state index in [1.54, 1.807) is 19.7 Å². The second-order valence-corrected chi connectivity index (χ2v) is 25.6. The molecule has 0 amide bonds. The predicted octanol–water partition coefficient (Wildman–Crippen LogP) is 11.4. The van der Waals surface area contributed by atoms with Gasteiger partial charge in [-0.05, 0) is 6.42 Å². The second kappa shape index (κ2) is 26.9. The van der Waals surface area contributed by atoms with Crippen molar-refractivity contribution in [2.24, 2.45) is 0 Å². The van der Waals surface area contributed by atoms with Crippen molar-refractivity contribution in [3.05, 3.63) is 0 Å². The molecular weight excluding hydrogens is 511 g/mol. The van der Waals surface area contributed by atoms with Gasteiger partial charge in [0.05, 0.1) is 0 Å². The van der Waals surface area contributed by atoms with Gasteiger partial charge < -0.3 is 5.11 Å². The normalized spacial score (nSPS) is 12.3. The SMILES string of the molecule is CCCCCCCCCCCC(=O)O.CCCC[CH](C)[Sn]([CH2]CCC)([CH2]CCC)[CH2]CCC. The number of hydrogen-bond acceptors (Lipinski definition) is 1. The number of rotatable bonds is 23. The zero-order valence-electron chi connectivity index (χ0n) is 24.0. The summed E-state index contributed by atoms with van der Waals surface area (Å²) in [6.45, 7) is 14.4. The number of aliphatic carboxylic acids is 1. The van der Waals surface area contributed by atoms with Crippen LogP contribution in [0.1, 0.15) is 164 Å². The van der Waals surface area contributed by atoms with E-state index in [0.29, 0.717) is 6.42 Å². The van der Waals surface area contributed by atoms with Crippen LogP contribution in [0.15, 0.2) is 0 Å². The standard InChI is InChI=1S/C12H24O2.C6H13.3C4H9.Sn/c1-2-3-4-5-6-7-8-9-10-11-12(13)14;1-3-5-6-4-2;3*1-3-4-2;/h2-11H2,1H3,(H,13,14);3H,4-6H2,1-2H3;3*1,3-4H2,2H3;. The van der Waals surface area contributed by atoms with E-state index in [4.69, 9.17) is 5.11 Å². The van der Waals surface area contributed by atoms with E-state index in [9.17, 15) is 4.79 Å². The number of hydrogen-bond donors (Lipinski definition) is 1. The first-order valence-corrected chi connectivity index (χ1v) is 22.9. The van der Waals surface area contributed by atoms with Gasteiger partial charge in [0.2, 0.25) is 0 Å². The van der Waals surface area contributed by atoms with Crippen LogP contribution in [0, 0.1) is 0 Å². The third-order valence-electron chi connectivity index (χ3n) is 7.61. The molecule has 0 spiro atoms. The summed E-state index contributed by atoms with van der Waals surface area (Å²) in [5.41, 5.74) is 0. The molecular formula is C30H64O2Sn. The van der Waals surface area contributed by atoms with Gasteiger partial charge in [-0.25, -0.2) is 0 Å². The first kappa shape index (κ1) is 35.4. The molecule has 0 aliphatic heterocycles. The first-order valence-electron chi connectivity index (χ1n) is 15.2. The molecule has 0 saturated carbocycles. The molecule has 1 atom stereocenters. The summed E-state index contributed by atoms with van der Waals surface area (Å²) in [6.07, 6.45) is 24.7. The maximum atomic E-state index is 10.2. The van der Waals surface area contributed by atoms with Gasteiger partial charge in [-0.1, -0.05) is 58.3 Å². The quantitative estimate of drug-likeness (QED) is 0.0972. The van der Waals surface area contributed by atoms with Gasteiger partial charge in [-0.3, -0.25) is 4.79 Å². The van der Waals surface area contributed by atoms with Crippen molar-refractivity contribution in [2.45, 2.75) is 181 Å². The summed E-state index contributed by atoms with van der Waals surface area (Å²) >= 11 is -1.85. The fraction of sp³-hybridized carbons (Fsp3) is 0.967. The minimum atomic E-state index is -1.85. The van der Waals surface area contributed by atoms with Crippen molar-refractivity contribution in [3.8, 4) is 0 Å². The average Bonchev–Trinajstić information content (AvgIpc) is 2.81. The molecule has 1 unspecified atom stereocenters. The van der Waals surface area contributed by atoms with Crippen molar-refractivity contribution in [3.63, 3.8) is 0 Å². The molecule has 0 rings (SSSR count). The second-order valence-electron chi connectivity index (χ2n) is 10.7. The molecule has 0 heterocycles. The van der Waals surface area contributed by atoms with Crippen molar-refractivity contribution < 1.29 is 9.90 Å².